The van der Waals surface area contributed by atoms with Gasteiger partial charge < -0.3 is 9.13 Å². The molecule has 2 aromatic carbocycles. The first-order chi connectivity index (χ1) is 12.5. The molecule has 2 nitrogen and oxygen atoms in total. The fourth-order valence-corrected chi connectivity index (χ4v) is 14.8. The van der Waals surface area contributed by atoms with E-state index < -0.39 is 14.3 Å². The third-order valence-corrected chi connectivity index (χ3v) is 14.2. The third-order valence-electron chi connectivity index (χ3n) is 6.50. The molecular weight excluding hydrogens is 358 g/mol. The minimum atomic E-state index is -2.73. The molecule has 1 fully saturated rings. The topological polar surface area (TPSA) is 34.1 Å². The molecule has 6 atom stereocenters. The first kappa shape index (κ1) is 16.5. The fraction of sp³-hybridized carbons (Fsp3) is 0.273. The van der Waals surface area contributed by atoms with Crippen molar-refractivity contribution in [1.29, 1.82) is 0 Å². The summed E-state index contributed by atoms with van der Waals surface area (Å²) >= 11 is 0. The van der Waals surface area contributed by atoms with E-state index in [9.17, 15) is 9.13 Å². The molecule has 26 heavy (non-hydrogen) atoms. The molecular formula is C22H22O2P2. The molecule has 2 unspecified atom stereocenters. The summed E-state index contributed by atoms with van der Waals surface area (Å²) in [7, 11) is -5.40. The number of hydrogen-bond donors (Lipinski definition) is 0. The highest BCUT2D eigenvalue weighted by Gasteiger charge is 2.68. The van der Waals surface area contributed by atoms with Crippen molar-refractivity contribution in [2.45, 2.75) is 30.8 Å². The smallest absolute Gasteiger partial charge is 0.140 e. The molecule has 0 N–H and O–H groups in total. The predicted molar refractivity (Wildman–Crippen MR) is 110 cm³/mol. The standard InChI is InChI=1S/C22H22O2P2/c1-15-13-19-22-20(21(15)26(19,24)18-11-7-4-8-12-18)16(2)14-25(22,23)17-9-5-3-6-10-17/h3-14,19-22H,1-2H3/t19-,20-,21+,22+,25?,26?/m0/s1. The Labute approximate surface area is 154 Å². The van der Waals surface area contributed by atoms with Crippen molar-refractivity contribution in [3.05, 3.63) is 83.7 Å². The summed E-state index contributed by atoms with van der Waals surface area (Å²) in [5, 5.41) is 1.86. The van der Waals surface area contributed by atoms with E-state index in [2.05, 4.69) is 19.9 Å². The number of hydrogen-bond acceptors (Lipinski definition) is 2. The van der Waals surface area contributed by atoms with Crippen molar-refractivity contribution >= 4 is 24.9 Å². The SMILES string of the molecule is CC1=CP(=O)(c2ccccc2)[C@H]2[C@@H]1[C@H]1C(C)=C[C@@H]2P1(=O)c1ccccc1. The Balaban J connectivity index is 1.72. The summed E-state index contributed by atoms with van der Waals surface area (Å²) in [6, 6.07) is 19.7. The molecule has 0 radical (unpaired) electrons. The lowest BCUT2D eigenvalue weighted by Crippen LogP contribution is -2.30. The van der Waals surface area contributed by atoms with Crippen molar-refractivity contribution in [1.82, 2.24) is 0 Å². The number of allylic oxidation sites excluding steroid dienone is 3. The second-order valence-corrected chi connectivity index (χ2v) is 13.7. The van der Waals surface area contributed by atoms with Gasteiger partial charge in [-0.1, -0.05) is 77.9 Å². The van der Waals surface area contributed by atoms with Crippen molar-refractivity contribution in [3.8, 4) is 0 Å². The first-order valence-corrected chi connectivity index (χ1v) is 12.8. The highest BCUT2D eigenvalue weighted by molar-refractivity contribution is 7.79. The zero-order chi connectivity index (χ0) is 18.1. The molecule has 0 spiro atoms. The van der Waals surface area contributed by atoms with Gasteiger partial charge in [0.1, 0.15) is 14.3 Å². The fourth-order valence-electron chi connectivity index (χ4n) is 5.57. The van der Waals surface area contributed by atoms with E-state index in [-0.39, 0.29) is 22.9 Å². The number of benzene rings is 2. The monoisotopic (exact) mass is 380 g/mol. The van der Waals surface area contributed by atoms with E-state index in [0.29, 0.717) is 0 Å². The van der Waals surface area contributed by atoms with Crippen LogP contribution in [0.15, 0.2) is 83.7 Å². The van der Waals surface area contributed by atoms with Crippen molar-refractivity contribution in [3.63, 3.8) is 0 Å². The summed E-state index contributed by atoms with van der Waals surface area (Å²) in [6.07, 6.45) is 2.18. The minimum Gasteiger partial charge on any atom is -0.317 e. The highest BCUT2D eigenvalue weighted by Crippen LogP contribution is 2.81. The van der Waals surface area contributed by atoms with Crippen LogP contribution >= 0.6 is 14.3 Å². The van der Waals surface area contributed by atoms with Crippen LogP contribution in [0.4, 0.5) is 0 Å². The van der Waals surface area contributed by atoms with Crippen LogP contribution in [0, 0.1) is 5.92 Å². The molecule has 0 saturated carbocycles. The second-order valence-electron chi connectivity index (χ2n) is 7.83. The van der Waals surface area contributed by atoms with E-state index in [1.807, 2.05) is 66.5 Å². The highest BCUT2D eigenvalue weighted by atomic mass is 31.2. The minimum absolute atomic E-state index is 0.00990. The maximum Gasteiger partial charge on any atom is 0.140 e. The van der Waals surface area contributed by atoms with Gasteiger partial charge in [0.15, 0.2) is 0 Å². The molecule has 3 aliphatic rings. The largest absolute Gasteiger partial charge is 0.317 e. The molecule has 0 aliphatic carbocycles. The Hall–Kier alpha value is -1.62. The normalized spacial score (nSPS) is 40.2. The molecule has 2 aromatic rings. The summed E-state index contributed by atoms with van der Waals surface area (Å²) in [4.78, 5) is 0. The van der Waals surface area contributed by atoms with Crippen LogP contribution < -0.4 is 10.6 Å². The van der Waals surface area contributed by atoms with Crippen LogP contribution in [0.25, 0.3) is 0 Å². The molecule has 0 amide bonds. The van der Waals surface area contributed by atoms with Gasteiger partial charge in [0.25, 0.3) is 0 Å². The van der Waals surface area contributed by atoms with E-state index >= 15 is 0 Å². The average molecular weight is 380 g/mol. The lowest BCUT2D eigenvalue weighted by atomic mass is 9.85. The van der Waals surface area contributed by atoms with Crippen LogP contribution in [0.1, 0.15) is 13.8 Å². The van der Waals surface area contributed by atoms with E-state index in [1.54, 1.807) is 0 Å². The molecule has 0 aromatic heterocycles. The Morgan fingerprint density at radius 3 is 1.96 bits per heavy atom. The Morgan fingerprint density at radius 1 is 0.769 bits per heavy atom. The van der Waals surface area contributed by atoms with Gasteiger partial charge in [0, 0.05) is 33.5 Å². The summed E-state index contributed by atoms with van der Waals surface area (Å²) < 4.78 is 28.7. The number of fused-ring (bicyclic) bond motifs is 5. The molecule has 132 valence electrons. The Kier molecular flexibility index (Phi) is 3.46. The molecule has 2 bridgehead atoms. The summed E-state index contributed by atoms with van der Waals surface area (Å²) in [6.45, 7) is 4.19. The van der Waals surface area contributed by atoms with Gasteiger partial charge in [-0.05, 0) is 19.7 Å². The molecule has 1 saturated heterocycles. The lowest BCUT2D eigenvalue weighted by molar-refractivity contribution is 0.552. The maximum absolute atomic E-state index is 14.4. The van der Waals surface area contributed by atoms with Gasteiger partial charge in [0.2, 0.25) is 0 Å². The van der Waals surface area contributed by atoms with Gasteiger partial charge >= 0.3 is 0 Å². The van der Waals surface area contributed by atoms with Crippen molar-refractivity contribution in [2.75, 3.05) is 0 Å². The van der Waals surface area contributed by atoms with Crippen molar-refractivity contribution in [2.24, 2.45) is 5.92 Å². The van der Waals surface area contributed by atoms with E-state index in [4.69, 9.17) is 0 Å². The first-order valence-electron chi connectivity index (χ1n) is 9.15. The quantitative estimate of drug-likeness (QED) is 0.544. The van der Waals surface area contributed by atoms with E-state index in [0.717, 1.165) is 10.6 Å². The van der Waals surface area contributed by atoms with Crippen LogP contribution in [0.3, 0.4) is 0 Å². The van der Waals surface area contributed by atoms with Gasteiger partial charge in [-0.3, -0.25) is 0 Å². The van der Waals surface area contributed by atoms with Crippen LogP contribution in [0.5, 0.6) is 0 Å². The van der Waals surface area contributed by atoms with Gasteiger partial charge in [-0.25, -0.2) is 0 Å². The number of rotatable bonds is 2. The Morgan fingerprint density at radius 2 is 1.35 bits per heavy atom. The van der Waals surface area contributed by atoms with Crippen molar-refractivity contribution < 1.29 is 9.13 Å². The summed E-state index contributed by atoms with van der Waals surface area (Å²) in [5.41, 5.74) is 2.23. The van der Waals surface area contributed by atoms with Crippen LogP contribution in [-0.4, -0.2) is 17.0 Å². The molecule has 3 heterocycles. The van der Waals surface area contributed by atoms with Crippen LogP contribution in [-0.2, 0) is 9.13 Å². The molecule has 5 rings (SSSR count). The predicted octanol–water partition coefficient (Wildman–Crippen LogP) is 4.98. The van der Waals surface area contributed by atoms with Gasteiger partial charge in [-0.15, -0.1) is 0 Å². The second kappa shape index (κ2) is 5.44. The summed E-state index contributed by atoms with van der Waals surface area (Å²) in [5.74, 6) is 2.17. The lowest BCUT2D eigenvalue weighted by Gasteiger charge is -2.28. The maximum atomic E-state index is 14.4. The Bertz CT molecular complexity index is 1040. The third kappa shape index (κ3) is 1.90. The van der Waals surface area contributed by atoms with Crippen LogP contribution in [0.2, 0.25) is 0 Å². The molecule has 4 heteroatoms. The molecule has 3 aliphatic heterocycles. The zero-order valence-electron chi connectivity index (χ0n) is 14.9. The van der Waals surface area contributed by atoms with E-state index in [1.165, 1.54) is 11.1 Å². The average Bonchev–Trinajstić information content (AvgIpc) is 3.19. The zero-order valence-corrected chi connectivity index (χ0v) is 16.7. The van der Waals surface area contributed by atoms with Gasteiger partial charge in [-0.2, -0.15) is 0 Å². The van der Waals surface area contributed by atoms with Gasteiger partial charge in [0.05, 0.1) is 0 Å².